The van der Waals surface area contributed by atoms with E-state index < -0.39 is 28.6 Å². The van der Waals surface area contributed by atoms with Crippen LogP contribution in [0.4, 0.5) is 14.5 Å². The molecule has 24 heavy (non-hydrogen) atoms. The van der Waals surface area contributed by atoms with Crippen molar-refractivity contribution in [1.29, 1.82) is 0 Å². The molecule has 1 atom stereocenters. The number of hydrogen-bond acceptors (Lipinski definition) is 5. The summed E-state index contributed by atoms with van der Waals surface area (Å²) < 4.78 is 37.7. The topological polar surface area (TPSA) is 78.7 Å². The van der Waals surface area contributed by atoms with Gasteiger partial charge in [0.15, 0.2) is 0 Å². The number of fused-ring (bicyclic) bond motifs is 1. The Balaban J connectivity index is 1.82. The van der Waals surface area contributed by atoms with Crippen LogP contribution < -0.4 is 4.74 Å². The Labute approximate surface area is 134 Å². The maximum Gasteiger partial charge on any atom is 0.338 e. The first kappa shape index (κ1) is 15.9. The van der Waals surface area contributed by atoms with E-state index in [-0.39, 0.29) is 35.6 Å². The summed E-state index contributed by atoms with van der Waals surface area (Å²) in [6.45, 7) is 0.147. The minimum absolute atomic E-state index is 0.000231. The Hall–Kier alpha value is -3.03. The lowest BCUT2D eigenvalue weighted by Gasteiger charge is -2.26. The van der Waals surface area contributed by atoms with Gasteiger partial charge in [-0.25, -0.2) is 13.6 Å². The van der Waals surface area contributed by atoms with E-state index in [9.17, 15) is 23.7 Å². The second-order valence-corrected chi connectivity index (χ2v) is 5.13. The fourth-order valence-corrected chi connectivity index (χ4v) is 2.45. The fraction of sp³-hybridized carbons (Fsp3) is 0.188. The van der Waals surface area contributed by atoms with Gasteiger partial charge < -0.3 is 9.47 Å². The number of esters is 1. The molecule has 1 aliphatic rings. The Morgan fingerprint density at radius 1 is 1.25 bits per heavy atom. The molecule has 0 N–H and O–H groups in total. The van der Waals surface area contributed by atoms with Crippen LogP contribution in [0.15, 0.2) is 36.4 Å². The largest absolute Gasteiger partial charge is 0.493 e. The van der Waals surface area contributed by atoms with Gasteiger partial charge in [-0.3, -0.25) is 10.1 Å². The van der Waals surface area contributed by atoms with Gasteiger partial charge in [0, 0.05) is 30.7 Å². The van der Waals surface area contributed by atoms with Gasteiger partial charge >= 0.3 is 5.97 Å². The first-order chi connectivity index (χ1) is 11.5. The molecule has 3 rings (SSSR count). The fourth-order valence-electron chi connectivity index (χ4n) is 2.45. The summed E-state index contributed by atoms with van der Waals surface area (Å²) in [6, 6.07) is 6.57. The van der Waals surface area contributed by atoms with Gasteiger partial charge in [-0.2, -0.15) is 0 Å². The highest BCUT2D eigenvalue weighted by Crippen LogP contribution is 2.37. The first-order valence-electron chi connectivity index (χ1n) is 7.03. The quantitative estimate of drug-likeness (QED) is 0.487. The molecule has 0 spiro atoms. The van der Waals surface area contributed by atoms with Crippen molar-refractivity contribution < 1.29 is 28.0 Å². The molecule has 0 unspecified atom stereocenters. The maximum absolute atomic E-state index is 14.0. The van der Waals surface area contributed by atoms with Crippen molar-refractivity contribution >= 4 is 11.7 Å². The standard InChI is InChI=1S/C16H11F2NO5/c17-10-7-12(18)15-13(5-6-23-14(15)8-10)24-16(20)9-1-3-11(4-2-9)19(21)22/h1-4,7-8,13H,5-6H2/t13-/m1/s1. The number of benzene rings is 2. The molecule has 2 aromatic carbocycles. The molecule has 0 fully saturated rings. The number of nitro groups is 1. The average Bonchev–Trinajstić information content (AvgIpc) is 2.54. The number of hydrogen-bond donors (Lipinski definition) is 0. The number of non-ortho nitro benzene ring substituents is 1. The minimum Gasteiger partial charge on any atom is -0.493 e. The van der Waals surface area contributed by atoms with Crippen molar-refractivity contribution in [3.05, 3.63) is 69.3 Å². The van der Waals surface area contributed by atoms with Crippen molar-refractivity contribution in [2.45, 2.75) is 12.5 Å². The van der Waals surface area contributed by atoms with Gasteiger partial charge in [-0.1, -0.05) is 0 Å². The number of nitro benzene ring substituents is 1. The van der Waals surface area contributed by atoms with E-state index in [1.165, 1.54) is 24.3 Å². The van der Waals surface area contributed by atoms with Crippen LogP contribution in [0.3, 0.4) is 0 Å². The normalized spacial score (nSPS) is 16.0. The summed E-state index contributed by atoms with van der Waals surface area (Å²) in [5.74, 6) is -2.40. The van der Waals surface area contributed by atoms with E-state index in [2.05, 4.69) is 0 Å². The number of rotatable bonds is 3. The van der Waals surface area contributed by atoms with Crippen molar-refractivity contribution in [2.75, 3.05) is 6.61 Å². The zero-order valence-electron chi connectivity index (χ0n) is 12.2. The second-order valence-electron chi connectivity index (χ2n) is 5.13. The number of carbonyl (C=O) groups is 1. The zero-order valence-corrected chi connectivity index (χ0v) is 12.2. The van der Waals surface area contributed by atoms with E-state index in [1.54, 1.807) is 0 Å². The van der Waals surface area contributed by atoms with Crippen molar-refractivity contribution in [3.63, 3.8) is 0 Å². The highest BCUT2D eigenvalue weighted by atomic mass is 19.1. The van der Waals surface area contributed by atoms with Crippen molar-refractivity contribution in [1.82, 2.24) is 0 Å². The smallest absolute Gasteiger partial charge is 0.338 e. The molecule has 1 heterocycles. The lowest BCUT2D eigenvalue weighted by molar-refractivity contribution is -0.384. The summed E-state index contributed by atoms with van der Waals surface area (Å²) >= 11 is 0. The molecule has 0 aromatic heterocycles. The molecule has 0 amide bonds. The van der Waals surface area contributed by atoms with E-state index in [0.717, 1.165) is 6.07 Å². The predicted octanol–water partition coefficient (Wildman–Crippen LogP) is 3.55. The molecule has 0 bridgehead atoms. The summed E-state index contributed by atoms with van der Waals surface area (Å²) in [5, 5.41) is 10.6. The number of ether oxygens (including phenoxy) is 2. The molecule has 1 aliphatic heterocycles. The lowest BCUT2D eigenvalue weighted by atomic mass is 10.0. The summed E-state index contributed by atoms with van der Waals surface area (Å²) in [6.07, 6.45) is -0.703. The van der Waals surface area contributed by atoms with Crippen molar-refractivity contribution in [3.8, 4) is 5.75 Å². The molecular weight excluding hydrogens is 324 g/mol. The Kier molecular flexibility index (Phi) is 4.11. The zero-order chi connectivity index (χ0) is 17.3. The van der Waals surface area contributed by atoms with Crippen LogP contribution in [0.5, 0.6) is 5.75 Å². The average molecular weight is 335 g/mol. The third-order valence-corrected chi connectivity index (χ3v) is 3.58. The van der Waals surface area contributed by atoms with Gasteiger partial charge in [-0.15, -0.1) is 0 Å². The third-order valence-electron chi connectivity index (χ3n) is 3.58. The molecule has 6 nitrogen and oxygen atoms in total. The second kappa shape index (κ2) is 6.23. The number of carbonyl (C=O) groups excluding carboxylic acids is 1. The van der Waals surface area contributed by atoms with Crippen LogP contribution in [0.2, 0.25) is 0 Å². The van der Waals surface area contributed by atoms with E-state index in [0.29, 0.717) is 6.07 Å². The van der Waals surface area contributed by atoms with Gasteiger partial charge in [0.2, 0.25) is 0 Å². The Bertz CT molecular complexity index is 807. The molecule has 2 aromatic rings. The lowest BCUT2D eigenvalue weighted by Crippen LogP contribution is -2.21. The molecule has 0 saturated carbocycles. The van der Waals surface area contributed by atoms with Gasteiger partial charge in [0.05, 0.1) is 22.7 Å². The molecule has 8 heteroatoms. The molecule has 0 radical (unpaired) electrons. The van der Waals surface area contributed by atoms with Crippen molar-refractivity contribution in [2.24, 2.45) is 0 Å². The summed E-state index contributed by atoms with van der Waals surface area (Å²) in [4.78, 5) is 22.2. The predicted molar refractivity (Wildman–Crippen MR) is 77.7 cm³/mol. The highest BCUT2D eigenvalue weighted by molar-refractivity contribution is 5.89. The van der Waals surface area contributed by atoms with E-state index in [1.807, 2.05) is 0 Å². The number of halogens is 2. The minimum atomic E-state index is -0.919. The Morgan fingerprint density at radius 2 is 1.96 bits per heavy atom. The maximum atomic E-state index is 14.0. The van der Waals surface area contributed by atoms with Crippen LogP contribution in [-0.4, -0.2) is 17.5 Å². The molecular formula is C16H11F2NO5. The van der Waals surface area contributed by atoms with Crippen LogP contribution in [0.25, 0.3) is 0 Å². The van der Waals surface area contributed by atoms with E-state index >= 15 is 0 Å². The summed E-state index contributed by atoms with van der Waals surface area (Å²) in [7, 11) is 0. The van der Waals surface area contributed by atoms with Crippen LogP contribution in [0.1, 0.15) is 28.4 Å². The number of nitrogens with zero attached hydrogens (tertiary/aromatic N) is 1. The van der Waals surface area contributed by atoms with Crippen LogP contribution in [-0.2, 0) is 4.74 Å². The first-order valence-corrected chi connectivity index (χ1v) is 7.03. The van der Waals surface area contributed by atoms with Gasteiger partial charge in [0.1, 0.15) is 23.5 Å². The van der Waals surface area contributed by atoms with Crippen LogP contribution in [0, 0.1) is 21.7 Å². The SMILES string of the molecule is O=C(O[C@@H]1CCOc2cc(F)cc(F)c21)c1ccc([N+](=O)[O-])cc1. The highest BCUT2D eigenvalue weighted by Gasteiger charge is 2.29. The summed E-state index contributed by atoms with van der Waals surface area (Å²) in [5.41, 5.74) is -0.0847. The third kappa shape index (κ3) is 3.03. The van der Waals surface area contributed by atoms with Gasteiger partial charge in [-0.05, 0) is 12.1 Å². The molecule has 0 aliphatic carbocycles. The molecule has 0 saturated heterocycles. The van der Waals surface area contributed by atoms with Crippen LogP contribution >= 0.6 is 0 Å². The van der Waals surface area contributed by atoms with E-state index in [4.69, 9.17) is 9.47 Å². The Morgan fingerprint density at radius 3 is 2.62 bits per heavy atom. The van der Waals surface area contributed by atoms with Gasteiger partial charge in [0.25, 0.3) is 5.69 Å². The monoisotopic (exact) mass is 335 g/mol. The molecule has 124 valence electrons.